The van der Waals surface area contributed by atoms with E-state index in [1.165, 1.54) is 12.1 Å². The van der Waals surface area contributed by atoms with Crippen LogP contribution in [0, 0.1) is 12.7 Å². The molecule has 0 unspecified atom stereocenters. The zero-order valence-electron chi connectivity index (χ0n) is 8.80. The summed E-state index contributed by atoms with van der Waals surface area (Å²) in [6.07, 6.45) is 0. The number of aryl methyl sites for hydroxylation is 1. The number of hydrogen-bond acceptors (Lipinski definition) is 1. The first-order valence-electron chi connectivity index (χ1n) is 4.94. The average molecular weight is 280 g/mol. The molecule has 0 heterocycles. The minimum Gasteiger partial charge on any atom is -0.355 e. The largest absolute Gasteiger partial charge is 0.355 e. The first-order valence-corrected chi connectivity index (χ1v) is 5.73. The van der Waals surface area contributed by atoms with Crippen molar-refractivity contribution in [3.63, 3.8) is 0 Å². The molecule has 1 nitrogen and oxygen atoms in total. The Morgan fingerprint density at radius 3 is 2.44 bits per heavy atom. The summed E-state index contributed by atoms with van der Waals surface area (Å²) in [5, 5.41) is 3.24. The molecule has 0 atom stereocenters. The summed E-state index contributed by atoms with van der Waals surface area (Å²) >= 11 is 3.42. The standard InChI is InChI=1S/C13H11BrFN/c1-9-2-3-10(14)8-13(9)16-12-6-4-11(15)5-7-12/h2-8,16H,1H3. The van der Waals surface area contributed by atoms with Gasteiger partial charge in [-0.05, 0) is 48.9 Å². The van der Waals surface area contributed by atoms with Gasteiger partial charge in [0.25, 0.3) is 0 Å². The predicted molar refractivity (Wildman–Crippen MR) is 68.6 cm³/mol. The SMILES string of the molecule is Cc1ccc(Br)cc1Nc1ccc(F)cc1. The van der Waals surface area contributed by atoms with Crippen molar-refractivity contribution in [3.05, 3.63) is 58.3 Å². The molecule has 0 fully saturated rings. The summed E-state index contributed by atoms with van der Waals surface area (Å²) in [6.45, 7) is 2.03. The van der Waals surface area contributed by atoms with Gasteiger partial charge in [-0.25, -0.2) is 4.39 Å². The maximum absolute atomic E-state index is 12.7. The molecule has 0 aliphatic heterocycles. The van der Waals surface area contributed by atoms with Crippen molar-refractivity contribution in [2.75, 3.05) is 5.32 Å². The highest BCUT2D eigenvalue weighted by atomic mass is 79.9. The van der Waals surface area contributed by atoms with E-state index in [2.05, 4.69) is 21.2 Å². The van der Waals surface area contributed by atoms with E-state index >= 15 is 0 Å². The molecule has 0 amide bonds. The molecule has 0 radical (unpaired) electrons. The van der Waals surface area contributed by atoms with Gasteiger partial charge >= 0.3 is 0 Å². The Morgan fingerprint density at radius 2 is 1.75 bits per heavy atom. The lowest BCUT2D eigenvalue weighted by Crippen LogP contribution is -1.93. The topological polar surface area (TPSA) is 12.0 Å². The molecule has 1 N–H and O–H groups in total. The zero-order valence-corrected chi connectivity index (χ0v) is 10.4. The van der Waals surface area contributed by atoms with Gasteiger partial charge in [-0.1, -0.05) is 22.0 Å². The number of benzene rings is 2. The molecule has 82 valence electrons. The molecular formula is C13H11BrFN. The monoisotopic (exact) mass is 279 g/mol. The predicted octanol–water partition coefficient (Wildman–Crippen LogP) is 4.64. The van der Waals surface area contributed by atoms with Crippen LogP contribution in [0.3, 0.4) is 0 Å². The summed E-state index contributed by atoms with van der Waals surface area (Å²) in [5.74, 6) is -0.225. The van der Waals surface area contributed by atoms with Gasteiger partial charge in [-0.15, -0.1) is 0 Å². The van der Waals surface area contributed by atoms with Crippen LogP contribution in [0.1, 0.15) is 5.56 Å². The van der Waals surface area contributed by atoms with Crippen LogP contribution in [0.25, 0.3) is 0 Å². The molecule has 0 spiro atoms. The molecule has 2 aromatic carbocycles. The van der Waals surface area contributed by atoms with Gasteiger partial charge in [0.2, 0.25) is 0 Å². The minimum atomic E-state index is -0.225. The van der Waals surface area contributed by atoms with E-state index in [-0.39, 0.29) is 5.82 Å². The molecule has 0 saturated carbocycles. The Labute approximate surface area is 102 Å². The lowest BCUT2D eigenvalue weighted by atomic mass is 10.2. The molecule has 0 aromatic heterocycles. The molecule has 3 heteroatoms. The summed E-state index contributed by atoms with van der Waals surface area (Å²) in [4.78, 5) is 0. The second-order valence-electron chi connectivity index (χ2n) is 3.59. The van der Waals surface area contributed by atoms with E-state index in [0.29, 0.717) is 0 Å². The summed E-state index contributed by atoms with van der Waals surface area (Å²) in [5.41, 5.74) is 3.04. The highest BCUT2D eigenvalue weighted by Gasteiger charge is 2.00. The highest BCUT2D eigenvalue weighted by molar-refractivity contribution is 9.10. The third-order valence-electron chi connectivity index (χ3n) is 2.32. The van der Waals surface area contributed by atoms with Crippen molar-refractivity contribution in [1.82, 2.24) is 0 Å². The number of anilines is 2. The maximum Gasteiger partial charge on any atom is 0.123 e. The van der Waals surface area contributed by atoms with Crippen molar-refractivity contribution < 1.29 is 4.39 Å². The van der Waals surface area contributed by atoms with Crippen LogP contribution in [-0.2, 0) is 0 Å². The van der Waals surface area contributed by atoms with Crippen molar-refractivity contribution in [1.29, 1.82) is 0 Å². The minimum absolute atomic E-state index is 0.225. The van der Waals surface area contributed by atoms with Crippen molar-refractivity contribution in [3.8, 4) is 0 Å². The van der Waals surface area contributed by atoms with Gasteiger partial charge in [0.05, 0.1) is 0 Å². The highest BCUT2D eigenvalue weighted by Crippen LogP contribution is 2.24. The van der Waals surface area contributed by atoms with Crippen molar-refractivity contribution >= 4 is 27.3 Å². The fourth-order valence-corrected chi connectivity index (χ4v) is 1.78. The van der Waals surface area contributed by atoms with Crippen molar-refractivity contribution in [2.45, 2.75) is 6.92 Å². The lowest BCUT2D eigenvalue weighted by molar-refractivity contribution is 0.628. The van der Waals surface area contributed by atoms with Gasteiger partial charge in [-0.3, -0.25) is 0 Å². The molecule has 0 aliphatic rings. The van der Waals surface area contributed by atoms with Crippen LogP contribution in [0.15, 0.2) is 46.9 Å². The fraction of sp³-hybridized carbons (Fsp3) is 0.0769. The number of hydrogen-bond donors (Lipinski definition) is 1. The molecule has 0 saturated heterocycles. The molecule has 2 aromatic rings. The number of halogens is 2. The first kappa shape index (κ1) is 11.1. The third kappa shape index (κ3) is 2.61. The van der Waals surface area contributed by atoms with E-state index in [9.17, 15) is 4.39 Å². The van der Waals surface area contributed by atoms with Gasteiger partial charge in [0, 0.05) is 15.8 Å². The summed E-state index contributed by atoms with van der Waals surface area (Å²) < 4.78 is 13.7. The fourth-order valence-electron chi connectivity index (χ4n) is 1.42. The smallest absolute Gasteiger partial charge is 0.123 e. The zero-order chi connectivity index (χ0) is 11.5. The van der Waals surface area contributed by atoms with Gasteiger partial charge in [0.15, 0.2) is 0 Å². The van der Waals surface area contributed by atoms with Crippen LogP contribution in [0.4, 0.5) is 15.8 Å². The van der Waals surface area contributed by atoms with Crippen LogP contribution in [0.5, 0.6) is 0 Å². The molecule has 0 aliphatic carbocycles. The Balaban J connectivity index is 2.26. The first-order chi connectivity index (χ1) is 7.65. The van der Waals surface area contributed by atoms with E-state index in [0.717, 1.165) is 21.4 Å². The lowest BCUT2D eigenvalue weighted by Gasteiger charge is -2.09. The van der Waals surface area contributed by atoms with E-state index in [1.807, 2.05) is 25.1 Å². The number of nitrogens with one attached hydrogen (secondary N) is 1. The number of rotatable bonds is 2. The quantitative estimate of drug-likeness (QED) is 0.845. The normalized spacial score (nSPS) is 10.2. The Morgan fingerprint density at radius 1 is 1.06 bits per heavy atom. The Kier molecular flexibility index (Phi) is 3.25. The van der Waals surface area contributed by atoms with E-state index in [4.69, 9.17) is 0 Å². The maximum atomic E-state index is 12.7. The van der Waals surface area contributed by atoms with E-state index < -0.39 is 0 Å². The third-order valence-corrected chi connectivity index (χ3v) is 2.82. The Bertz CT molecular complexity index is 494. The van der Waals surface area contributed by atoms with E-state index in [1.54, 1.807) is 12.1 Å². The van der Waals surface area contributed by atoms with Gasteiger partial charge < -0.3 is 5.32 Å². The summed E-state index contributed by atoms with van der Waals surface area (Å²) in [6, 6.07) is 12.3. The van der Waals surface area contributed by atoms with Gasteiger partial charge in [-0.2, -0.15) is 0 Å². The average Bonchev–Trinajstić information content (AvgIpc) is 2.27. The van der Waals surface area contributed by atoms with Gasteiger partial charge in [0.1, 0.15) is 5.82 Å². The van der Waals surface area contributed by atoms with Crippen LogP contribution in [-0.4, -0.2) is 0 Å². The van der Waals surface area contributed by atoms with Crippen LogP contribution < -0.4 is 5.32 Å². The molecular weight excluding hydrogens is 269 g/mol. The Hall–Kier alpha value is -1.35. The van der Waals surface area contributed by atoms with Crippen LogP contribution in [0.2, 0.25) is 0 Å². The second kappa shape index (κ2) is 4.66. The van der Waals surface area contributed by atoms with Crippen molar-refractivity contribution in [2.24, 2.45) is 0 Å². The molecule has 0 bridgehead atoms. The second-order valence-corrected chi connectivity index (χ2v) is 4.51. The molecule has 2 rings (SSSR count). The molecule has 16 heavy (non-hydrogen) atoms. The van der Waals surface area contributed by atoms with Crippen LogP contribution >= 0.6 is 15.9 Å². The summed E-state index contributed by atoms with van der Waals surface area (Å²) in [7, 11) is 0.